The zero-order chi connectivity index (χ0) is 17.2. The monoisotopic (exact) mass is 357 g/mol. The predicted molar refractivity (Wildman–Crippen MR) is 97.9 cm³/mol. The molecule has 0 aliphatic heterocycles. The molecule has 4 rings (SSSR count). The minimum absolute atomic E-state index is 0.0483. The summed E-state index contributed by atoms with van der Waals surface area (Å²) in [5, 5.41) is 3.25. The molecule has 2 aliphatic rings. The second kappa shape index (κ2) is 7.22. The summed E-state index contributed by atoms with van der Waals surface area (Å²) in [6.07, 6.45) is 9.15. The first-order valence-electron chi connectivity index (χ1n) is 9.00. The molecule has 2 aliphatic carbocycles. The fraction of sp³-hybridized carbons (Fsp3) is 0.526. The van der Waals surface area contributed by atoms with Crippen molar-refractivity contribution in [3.8, 4) is 10.6 Å². The highest BCUT2D eigenvalue weighted by Crippen LogP contribution is 2.30. The minimum atomic E-state index is 0.0483. The van der Waals surface area contributed by atoms with Crippen LogP contribution in [-0.4, -0.2) is 35.1 Å². The maximum atomic E-state index is 13.0. The Hall–Kier alpha value is -1.79. The molecule has 2 aromatic heterocycles. The van der Waals surface area contributed by atoms with E-state index in [2.05, 4.69) is 10.3 Å². The van der Waals surface area contributed by atoms with Crippen LogP contribution in [0, 0.1) is 0 Å². The summed E-state index contributed by atoms with van der Waals surface area (Å²) in [6, 6.07) is 2.20. The summed E-state index contributed by atoms with van der Waals surface area (Å²) in [5.41, 5.74) is 5.70. The maximum Gasteiger partial charge on any atom is 0.251 e. The van der Waals surface area contributed by atoms with Gasteiger partial charge in [-0.1, -0.05) is 0 Å². The van der Waals surface area contributed by atoms with E-state index in [1.807, 2.05) is 12.3 Å². The molecule has 6 heteroatoms. The van der Waals surface area contributed by atoms with Gasteiger partial charge in [-0.2, -0.15) is 0 Å². The molecular weight excluding hydrogens is 334 g/mol. The quantitative estimate of drug-likeness (QED) is 0.911. The van der Waals surface area contributed by atoms with Gasteiger partial charge in [0.2, 0.25) is 0 Å². The molecule has 2 aromatic rings. The highest BCUT2D eigenvalue weighted by Gasteiger charge is 2.26. The number of nitrogens with one attached hydrogen (secondary N) is 1. The Morgan fingerprint density at radius 3 is 2.84 bits per heavy atom. The van der Waals surface area contributed by atoms with Crippen molar-refractivity contribution in [2.45, 2.75) is 57.1 Å². The van der Waals surface area contributed by atoms with E-state index >= 15 is 0 Å². The van der Waals surface area contributed by atoms with E-state index in [0.717, 1.165) is 72.3 Å². The van der Waals surface area contributed by atoms with Crippen molar-refractivity contribution >= 4 is 17.2 Å². The number of aromatic nitrogens is 2. The van der Waals surface area contributed by atoms with Gasteiger partial charge in [0.25, 0.3) is 5.91 Å². The van der Waals surface area contributed by atoms with Crippen LogP contribution in [0.3, 0.4) is 0 Å². The first-order valence-corrected chi connectivity index (χ1v) is 9.88. The van der Waals surface area contributed by atoms with Gasteiger partial charge in [0, 0.05) is 30.6 Å². The summed E-state index contributed by atoms with van der Waals surface area (Å²) >= 11 is 1.56. The summed E-state index contributed by atoms with van der Waals surface area (Å²) in [6.45, 7) is 0. The van der Waals surface area contributed by atoms with Crippen molar-refractivity contribution < 1.29 is 9.53 Å². The van der Waals surface area contributed by atoms with Gasteiger partial charge < -0.3 is 10.1 Å². The average Bonchev–Trinajstić information content (AvgIpc) is 3.32. The van der Waals surface area contributed by atoms with Crippen LogP contribution in [0.2, 0.25) is 0 Å². The highest BCUT2D eigenvalue weighted by molar-refractivity contribution is 7.13. The first kappa shape index (κ1) is 16.7. The fourth-order valence-electron chi connectivity index (χ4n) is 3.92. The molecule has 1 N–H and O–H groups in total. The molecule has 0 aromatic carbocycles. The number of thiazole rings is 1. The maximum absolute atomic E-state index is 13.0. The number of carbonyl (C=O) groups is 1. The molecule has 1 saturated carbocycles. The minimum Gasteiger partial charge on any atom is -0.381 e. The van der Waals surface area contributed by atoms with E-state index in [-0.39, 0.29) is 11.9 Å². The van der Waals surface area contributed by atoms with E-state index in [4.69, 9.17) is 9.72 Å². The molecule has 0 bridgehead atoms. The Morgan fingerprint density at radius 2 is 2.12 bits per heavy atom. The van der Waals surface area contributed by atoms with E-state index in [9.17, 15) is 4.79 Å². The number of pyridine rings is 1. The summed E-state index contributed by atoms with van der Waals surface area (Å²) < 4.78 is 5.42. The first-order chi connectivity index (χ1) is 12.2. The van der Waals surface area contributed by atoms with Gasteiger partial charge in [0.15, 0.2) is 0 Å². The number of carbonyl (C=O) groups excluding carboxylic acids is 1. The Labute approximate surface area is 151 Å². The zero-order valence-electron chi connectivity index (χ0n) is 14.5. The molecule has 0 unspecified atom stereocenters. The molecule has 5 nitrogen and oxygen atoms in total. The third kappa shape index (κ3) is 3.46. The third-order valence-corrected chi connectivity index (χ3v) is 6.12. The van der Waals surface area contributed by atoms with Gasteiger partial charge >= 0.3 is 0 Å². The van der Waals surface area contributed by atoms with Crippen LogP contribution >= 0.6 is 11.3 Å². The number of nitrogens with zero attached hydrogens (tertiary/aromatic N) is 2. The number of rotatable bonds is 4. The largest absolute Gasteiger partial charge is 0.381 e. The number of amides is 1. The molecule has 0 saturated heterocycles. The van der Waals surface area contributed by atoms with Crippen molar-refractivity contribution in [2.75, 3.05) is 7.11 Å². The number of hydrogen-bond donors (Lipinski definition) is 1. The summed E-state index contributed by atoms with van der Waals surface area (Å²) in [4.78, 5) is 22.9. The molecule has 2 heterocycles. The Kier molecular flexibility index (Phi) is 4.81. The smallest absolute Gasteiger partial charge is 0.251 e. The number of methoxy groups -OCH3 is 1. The lowest BCUT2D eigenvalue weighted by molar-refractivity contribution is 0.0599. The van der Waals surface area contributed by atoms with Crippen LogP contribution in [0.5, 0.6) is 0 Å². The number of hydrogen-bond acceptors (Lipinski definition) is 5. The number of ether oxygens (including phenoxy) is 1. The highest BCUT2D eigenvalue weighted by atomic mass is 32.1. The lowest BCUT2D eigenvalue weighted by atomic mass is 9.92. The second-order valence-electron chi connectivity index (χ2n) is 6.88. The summed E-state index contributed by atoms with van der Waals surface area (Å²) in [7, 11) is 1.77. The van der Waals surface area contributed by atoms with Crippen molar-refractivity contribution in [3.05, 3.63) is 34.6 Å². The SMILES string of the molecule is CO[C@H]1CC[C@H](NC(=O)c2cc(-c3cncs3)nc3c2CCC3)CC1. The molecular formula is C19H23N3O2S. The van der Waals surface area contributed by atoms with Gasteiger partial charge in [-0.3, -0.25) is 14.8 Å². The Balaban J connectivity index is 1.56. The van der Waals surface area contributed by atoms with E-state index in [1.165, 1.54) is 0 Å². The standard InChI is InChI=1S/C19H23N3O2S/c1-24-13-7-5-12(6-8-13)21-19(23)15-9-17(18-10-20-11-25-18)22-16-4-2-3-14(15)16/h9-13H,2-8H2,1H3,(H,21,23)/t12-,13-. The lowest BCUT2D eigenvalue weighted by Crippen LogP contribution is -2.39. The van der Waals surface area contributed by atoms with Crippen molar-refractivity contribution in [1.82, 2.24) is 15.3 Å². The van der Waals surface area contributed by atoms with Crippen LogP contribution in [0.25, 0.3) is 10.6 Å². The second-order valence-corrected chi connectivity index (χ2v) is 7.77. The number of aryl methyl sites for hydroxylation is 1. The van der Waals surface area contributed by atoms with E-state index in [0.29, 0.717) is 6.10 Å². The average molecular weight is 357 g/mol. The van der Waals surface area contributed by atoms with Crippen LogP contribution in [0.4, 0.5) is 0 Å². The molecule has 0 spiro atoms. The van der Waals surface area contributed by atoms with Gasteiger partial charge in [-0.15, -0.1) is 11.3 Å². The normalized spacial score (nSPS) is 22.6. The van der Waals surface area contributed by atoms with Crippen LogP contribution < -0.4 is 5.32 Å². The van der Waals surface area contributed by atoms with Crippen LogP contribution in [-0.2, 0) is 17.6 Å². The zero-order valence-corrected chi connectivity index (χ0v) is 15.3. The summed E-state index contributed by atoms with van der Waals surface area (Å²) in [5.74, 6) is 0.0483. The van der Waals surface area contributed by atoms with Crippen LogP contribution in [0.15, 0.2) is 17.8 Å². The molecule has 0 atom stereocenters. The van der Waals surface area contributed by atoms with Crippen molar-refractivity contribution in [1.29, 1.82) is 0 Å². The fourth-order valence-corrected chi connectivity index (χ4v) is 4.50. The molecule has 1 amide bonds. The third-order valence-electron chi connectivity index (χ3n) is 5.32. The Bertz CT molecular complexity index is 752. The Morgan fingerprint density at radius 1 is 1.28 bits per heavy atom. The molecule has 132 valence electrons. The van der Waals surface area contributed by atoms with Crippen molar-refractivity contribution in [2.24, 2.45) is 0 Å². The molecule has 25 heavy (non-hydrogen) atoms. The molecule has 1 fully saturated rings. The lowest BCUT2D eigenvalue weighted by Gasteiger charge is -2.28. The van der Waals surface area contributed by atoms with E-state index < -0.39 is 0 Å². The number of fused-ring (bicyclic) bond motifs is 1. The van der Waals surface area contributed by atoms with Gasteiger partial charge in [0.05, 0.1) is 22.2 Å². The predicted octanol–water partition coefficient (Wildman–Crippen LogP) is 3.38. The van der Waals surface area contributed by atoms with Gasteiger partial charge in [0.1, 0.15) is 0 Å². The van der Waals surface area contributed by atoms with Crippen LogP contribution in [0.1, 0.15) is 53.7 Å². The van der Waals surface area contributed by atoms with Gasteiger partial charge in [-0.25, -0.2) is 0 Å². The molecule has 0 radical (unpaired) electrons. The van der Waals surface area contributed by atoms with Gasteiger partial charge in [-0.05, 0) is 56.6 Å². The van der Waals surface area contributed by atoms with E-state index in [1.54, 1.807) is 24.0 Å². The van der Waals surface area contributed by atoms with Crippen molar-refractivity contribution in [3.63, 3.8) is 0 Å². The topological polar surface area (TPSA) is 64.1 Å².